The zero-order valence-corrected chi connectivity index (χ0v) is 16.2. The summed E-state index contributed by atoms with van der Waals surface area (Å²) in [4.78, 5) is 19.8. The number of carbonyl (C=O) groups is 1. The Balaban J connectivity index is 1.52. The first-order valence-corrected chi connectivity index (χ1v) is 9.85. The third-order valence-electron chi connectivity index (χ3n) is 5.16. The Bertz CT molecular complexity index is 924. The number of hydrogen-bond donors (Lipinski definition) is 2. The van der Waals surface area contributed by atoms with E-state index in [0.29, 0.717) is 10.7 Å². The maximum absolute atomic E-state index is 12.9. The lowest BCUT2D eigenvalue weighted by molar-refractivity contribution is 0.0955. The predicted octanol–water partition coefficient (Wildman–Crippen LogP) is 2.98. The molecule has 0 saturated carbocycles. The molecular formula is C20H24ClN5O. The summed E-state index contributed by atoms with van der Waals surface area (Å²) in [5.74, 6) is 1.02. The maximum Gasteiger partial charge on any atom is 0.272 e. The molecule has 2 aromatic rings. The molecule has 0 atom stereocenters. The summed E-state index contributed by atoms with van der Waals surface area (Å²) >= 11 is 6.09. The van der Waals surface area contributed by atoms with Crippen molar-refractivity contribution in [3.05, 3.63) is 46.9 Å². The van der Waals surface area contributed by atoms with Crippen molar-refractivity contribution < 1.29 is 4.79 Å². The second-order valence-electron chi connectivity index (χ2n) is 6.87. The molecule has 1 amide bonds. The van der Waals surface area contributed by atoms with Crippen LogP contribution in [0.5, 0.6) is 0 Å². The van der Waals surface area contributed by atoms with Crippen LogP contribution in [0.25, 0.3) is 10.9 Å². The fourth-order valence-corrected chi connectivity index (χ4v) is 3.95. The van der Waals surface area contributed by atoms with E-state index in [1.54, 1.807) is 6.20 Å². The van der Waals surface area contributed by atoms with Crippen molar-refractivity contribution in [1.29, 1.82) is 0 Å². The number of amidine groups is 1. The number of nitrogens with zero attached hydrogens (tertiary/aromatic N) is 3. The molecular weight excluding hydrogens is 362 g/mol. The number of rotatable bonds is 3. The van der Waals surface area contributed by atoms with E-state index in [2.05, 4.69) is 20.5 Å². The molecule has 142 valence electrons. The number of piperazine rings is 1. The molecule has 0 unspecified atom stereocenters. The topological polar surface area (TPSA) is 61.7 Å². The van der Waals surface area contributed by atoms with Gasteiger partial charge in [0, 0.05) is 67.0 Å². The van der Waals surface area contributed by atoms with Gasteiger partial charge in [0.15, 0.2) is 0 Å². The van der Waals surface area contributed by atoms with E-state index in [1.165, 1.54) is 0 Å². The highest BCUT2D eigenvalue weighted by Gasteiger charge is 2.20. The zero-order valence-electron chi connectivity index (χ0n) is 15.5. The number of allylic oxidation sites excluding steroid dienone is 1. The lowest BCUT2D eigenvalue weighted by atomic mass is 10.1. The van der Waals surface area contributed by atoms with Crippen molar-refractivity contribution in [2.45, 2.75) is 26.3 Å². The van der Waals surface area contributed by atoms with E-state index in [4.69, 9.17) is 11.6 Å². The largest absolute Gasteiger partial charge is 0.358 e. The van der Waals surface area contributed by atoms with E-state index < -0.39 is 0 Å². The summed E-state index contributed by atoms with van der Waals surface area (Å²) < 4.78 is 2.01. The van der Waals surface area contributed by atoms with E-state index in [1.807, 2.05) is 35.8 Å². The molecule has 4 rings (SSSR count). The highest BCUT2D eigenvalue weighted by Crippen LogP contribution is 2.24. The van der Waals surface area contributed by atoms with Crippen molar-refractivity contribution in [2.24, 2.45) is 4.99 Å². The lowest BCUT2D eigenvalue weighted by Gasteiger charge is -2.31. The molecule has 0 spiro atoms. The average molecular weight is 386 g/mol. The Morgan fingerprint density at radius 2 is 2.07 bits per heavy atom. The van der Waals surface area contributed by atoms with Crippen LogP contribution in [0.3, 0.4) is 0 Å². The third kappa shape index (κ3) is 3.73. The van der Waals surface area contributed by atoms with Crippen molar-refractivity contribution in [1.82, 2.24) is 20.1 Å². The minimum atomic E-state index is -0.101. The van der Waals surface area contributed by atoms with Gasteiger partial charge in [-0.25, -0.2) is 4.99 Å². The molecule has 2 aliphatic rings. The van der Waals surface area contributed by atoms with Crippen LogP contribution in [-0.2, 0) is 6.54 Å². The Morgan fingerprint density at radius 1 is 1.26 bits per heavy atom. The fraction of sp³-hybridized carbons (Fsp3) is 0.400. The minimum absolute atomic E-state index is 0.101. The van der Waals surface area contributed by atoms with Crippen LogP contribution in [0.1, 0.15) is 30.3 Å². The number of aliphatic imine (C=N–C) groups is 1. The molecule has 7 heteroatoms. The molecule has 0 bridgehead atoms. The third-order valence-corrected chi connectivity index (χ3v) is 5.39. The number of aryl methyl sites for hydroxylation is 1. The second-order valence-corrected chi connectivity index (χ2v) is 7.30. The van der Waals surface area contributed by atoms with E-state index in [9.17, 15) is 4.79 Å². The van der Waals surface area contributed by atoms with Crippen LogP contribution in [0.4, 0.5) is 0 Å². The number of aromatic nitrogens is 1. The van der Waals surface area contributed by atoms with Gasteiger partial charge in [-0.1, -0.05) is 11.6 Å². The summed E-state index contributed by atoms with van der Waals surface area (Å²) in [7, 11) is 0. The van der Waals surface area contributed by atoms with Crippen molar-refractivity contribution in [3.8, 4) is 0 Å². The molecule has 6 nitrogen and oxygen atoms in total. The van der Waals surface area contributed by atoms with Crippen LogP contribution in [0.15, 0.2) is 41.2 Å². The molecule has 2 N–H and O–H groups in total. The monoisotopic (exact) mass is 385 g/mol. The molecule has 1 aromatic heterocycles. The Hall–Kier alpha value is -2.31. The number of amides is 1. The molecule has 2 aliphatic heterocycles. The van der Waals surface area contributed by atoms with Crippen LogP contribution in [0.2, 0.25) is 5.02 Å². The van der Waals surface area contributed by atoms with Gasteiger partial charge in [-0.3, -0.25) is 4.79 Å². The standard InChI is InChI=1S/C20H24ClN5O/c1-2-26-17-5-3-15(21)11-14(17)12-18(26)20(27)24-16-4-6-19(23-13-16)25-9-7-22-8-10-25/h3,5,11-13,22H,2,4,6-10H2,1H3,(H,24,27). The van der Waals surface area contributed by atoms with Gasteiger partial charge >= 0.3 is 0 Å². The molecule has 0 radical (unpaired) electrons. The van der Waals surface area contributed by atoms with Crippen molar-refractivity contribution >= 4 is 34.2 Å². The van der Waals surface area contributed by atoms with Crippen LogP contribution >= 0.6 is 11.6 Å². The highest BCUT2D eigenvalue weighted by molar-refractivity contribution is 6.31. The molecule has 1 aromatic carbocycles. The van der Waals surface area contributed by atoms with Gasteiger partial charge in [0.05, 0.1) is 0 Å². The first-order chi connectivity index (χ1) is 13.2. The quantitative estimate of drug-likeness (QED) is 0.853. The zero-order chi connectivity index (χ0) is 18.8. The van der Waals surface area contributed by atoms with Crippen LogP contribution < -0.4 is 10.6 Å². The number of benzene rings is 1. The lowest BCUT2D eigenvalue weighted by Crippen LogP contribution is -2.46. The number of fused-ring (bicyclic) bond motifs is 1. The summed E-state index contributed by atoms with van der Waals surface area (Å²) in [5.41, 5.74) is 2.53. The number of halogens is 1. The summed E-state index contributed by atoms with van der Waals surface area (Å²) in [6.07, 6.45) is 3.46. The first-order valence-electron chi connectivity index (χ1n) is 9.47. The minimum Gasteiger partial charge on any atom is -0.358 e. The smallest absolute Gasteiger partial charge is 0.272 e. The molecule has 1 saturated heterocycles. The van der Waals surface area contributed by atoms with E-state index >= 15 is 0 Å². The summed E-state index contributed by atoms with van der Waals surface area (Å²) in [6.45, 7) is 6.74. The molecule has 1 fully saturated rings. The van der Waals surface area contributed by atoms with Gasteiger partial charge < -0.3 is 20.1 Å². The van der Waals surface area contributed by atoms with Gasteiger partial charge in [-0.2, -0.15) is 0 Å². The second kappa shape index (κ2) is 7.74. The fourth-order valence-electron chi connectivity index (χ4n) is 3.77. The number of hydrogen-bond acceptors (Lipinski definition) is 4. The van der Waals surface area contributed by atoms with Gasteiger partial charge in [0.1, 0.15) is 11.5 Å². The van der Waals surface area contributed by atoms with Crippen molar-refractivity contribution in [3.63, 3.8) is 0 Å². The van der Waals surface area contributed by atoms with Crippen molar-refractivity contribution in [2.75, 3.05) is 26.2 Å². The van der Waals surface area contributed by atoms with Gasteiger partial charge in [-0.05, 0) is 37.6 Å². The normalized spacial score (nSPS) is 17.6. The average Bonchev–Trinajstić information content (AvgIpc) is 3.07. The Kier molecular flexibility index (Phi) is 5.18. The number of carbonyl (C=O) groups excluding carboxylic acids is 1. The SMILES string of the molecule is CCn1c(C(=O)NC2=CN=C(N3CCNCC3)CC2)cc2cc(Cl)ccc21. The maximum atomic E-state index is 12.9. The van der Waals surface area contributed by atoms with E-state index in [0.717, 1.165) is 68.0 Å². The van der Waals surface area contributed by atoms with Gasteiger partial charge in [0.25, 0.3) is 5.91 Å². The van der Waals surface area contributed by atoms with Crippen LogP contribution in [0, 0.1) is 0 Å². The summed E-state index contributed by atoms with van der Waals surface area (Å²) in [6, 6.07) is 7.61. The molecule has 27 heavy (non-hydrogen) atoms. The predicted molar refractivity (Wildman–Crippen MR) is 109 cm³/mol. The van der Waals surface area contributed by atoms with Gasteiger partial charge in [-0.15, -0.1) is 0 Å². The Morgan fingerprint density at radius 3 is 2.78 bits per heavy atom. The molecule has 0 aliphatic carbocycles. The highest BCUT2D eigenvalue weighted by atomic mass is 35.5. The van der Waals surface area contributed by atoms with Crippen LogP contribution in [-0.4, -0.2) is 47.4 Å². The summed E-state index contributed by atoms with van der Waals surface area (Å²) in [5, 5.41) is 8.04. The van der Waals surface area contributed by atoms with Gasteiger partial charge in [0.2, 0.25) is 0 Å². The number of nitrogens with one attached hydrogen (secondary N) is 2. The first kappa shape index (κ1) is 18.1. The van der Waals surface area contributed by atoms with E-state index in [-0.39, 0.29) is 5.91 Å². The Labute approximate surface area is 163 Å². The molecule has 3 heterocycles.